The number of amides is 1. The minimum atomic E-state index is -1.31. The molecule has 0 radical (unpaired) electrons. The Morgan fingerprint density at radius 3 is 2.46 bits per heavy atom. The molecule has 5 rings (SSSR count). The molecule has 3 fully saturated rings. The zero-order chi connectivity index (χ0) is 29.1. The first-order valence-electron chi connectivity index (χ1n) is 15.6. The summed E-state index contributed by atoms with van der Waals surface area (Å²) in [5.74, 6) is 6.18. The van der Waals surface area contributed by atoms with E-state index in [2.05, 4.69) is 51.8 Å². The van der Waals surface area contributed by atoms with E-state index in [0.29, 0.717) is 41.2 Å². The van der Waals surface area contributed by atoms with E-state index in [9.17, 15) is 9.90 Å². The van der Waals surface area contributed by atoms with Crippen LogP contribution in [0.15, 0.2) is 0 Å². The topological polar surface area (TPSA) is 132 Å². The lowest BCUT2D eigenvalue weighted by molar-refractivity contribution is 0.200. The molecule has 222 valence electrons. The third kappa shape index (κ3) is 6.60. The Morgan fingerprint density at radius 1 is 1.07 bits per heavy atom. The van der Waals surface area contributed by atoms with Crippen LogP contribution in [0, 0.1) is 41.4 Å². The highest BCUT2D eigenvalue weighted by Gasteiger charge is 2.32. The second-order valence-electron chi connectivity index (χ2n) is 12.9. The normalized spacial score (nSPS) is 24.1. The first-order chi connectivity index (χ1) is 19.7. The van der Waals surface area contributed by atoms with Crippen LogP contribution in [0.2, 0.25) is 0 Å². The molecule has 10 heteroatoms. The average Bonchev–Trinajstić information content (AvgIpc) is 3.25. The Hall–Kier alpha value is -3.35. The summed E-state index contributed by atoms with van der Waals surface area (Å²) in [7, 11) is 0. The monoisotopic (exact) mass is 562 g/mol. The molecule has 2 atom stereocenters. The van der Waals surface area contributed by atoms with Crippen LogP contribution in [0.1, 0.15) is 97.2 Å². The van der Waals surface area contributed by atoms with Gasteiger partial charge in [-0.3, -0.25) is 10.7 Å². The summed E-state index contributed by atoms with van der Waals surface area (Å²) in [6.45, 7) is 8.51. The van der Waals surface area contributed by atoms with Gasteiger partial charge in [-0.05, 0) is 88.9 Å². The molecular formula is C31H46N8O2. The van der Waals surface area contributed by atoms with Gasteiger partial charge in [0, 0.05) is 31.1 Å². The molecule has 1 amide bonds. The number of hydrogen-bond acceptors (Lipinski definition) is 7. The van der Waals surface area contributed by atoms with Gasteiger partial charge in [0.15, 0.2) is 23.1 Å². The molecule has 10 nitrogen and oxygen atoms in total. The number of fused-ring (bicyclic) bond motifs is 1. The Kier molecular flexibility index (Phi) is 9.00. The first kappa shape index (κ1) is 29.2. The van der Waals surface area contributed by atoms with Gasteiger partial charge in [-0.2, -0.15) is 4.98 Å². The van der Waals surface area contributed by atoms with Crippen molar-refractivity contribution in [3.8, 4) is 12.3 Å². The Morgan fingerprint density at radius 2 is 1.83 bits per heavy atom. The third-order valence-electron chi connectivity index (χ3n) is 9.41. The maximum atomic E-state index is 11.3. The largest absolute Gasteiger partial charge is 0.465 e. The summed E-state index contributed by atoms with van der Waals surface area (Å²) < 4.78 is 2.34. The van der Waals surface area contributed by atoms with Crippen LogP contribution in [0.5, 0.6) is 0 Å². The van der Waals surface area contributed by atoms with E-state index in [1.807, 2.05) is 0 Å². The van der Waals surface area contributed by atoms with E-state index in [0.717, 1.165) is 69.5 Å². The lowest BCUT2D eigenvalue weighted by Gasteiger charge is -2.38. The van der Waals surface area contributed by atoms with Crippen LogP contribution in [-0.4, -0.2) is 55.2 Å². The molecule has 4 N–H and O–H groups in total. The van der Waals surface area contributed by atoms with Crippen LogP contribution in [0.3, 0.4) is 0 Å². The van der Waals surface area contributed by atoms with Gasteiger partial charge in [-0.1, -0.05) is 20.3 Å². The van der Waals surface area contributed by atoms with E-state index < -0.39 is 6.09 Å². The van der Waals surface area contributed by atoms with Crippen LogP contribution in [0.4, 0.5) is 16.6 Å². The van der Waals surface area contributed by atoms with Crippen LogP contribution in [-0.2, 0) is 6.54 Å². The number of amidine groups is 1. The number of carbonyl (C=O) groups is 1. The zero-order valence-electron chi connectivity index (χ0n) is 24.8. The average molecular weight is 563 g/mol. The van der Waals surface area contributed by atoms with Gasteiger partial charge in [0.2, 0.25) is 5.95 Å². The van der Waals surface area contributed by atoms with Crippen molar-refractivity contribution in [3.63, 3.8) is 0 Å². The van der Waals surface area contributed by atoms with Gasteiger partial charge in [0.1, 0.15) is 5.52 Å². The summed E-state index contributed by atoms with van der Waals surface area (Å²) in [5, 5.41) is 23.4. The highest BCUT2D eigenvalue weighted by molar-refractivity contribution is 6.03. The number of rotatable bonds is 9. The van der Waals surface area contributed by atoms with E-state index in [1.54, 1.807) is 0 Å². The lowest BCUT2D eigenvalue weighted by atomic mass is 9.80. The van der Waals surface area contributed by atoms with Crippen LogP contribution in [0.25, 0.3) is 11.2 Å². The van der Waals surface area contributed by atoms with Crippen molar-refractivity contribution < 1.29 is 9.90 Å². The van der Waals surface area contributed by atoms with Crippen LogP contribution < -0.4 is 15.5 Å². The molecule has 3 aliphatic rings. The quantitative estimate of drug-likeness (QED) is 0.171. The third-order valence-corrected chi connectivity index (χ3v) is 9.41. The van der Waals surface area contributed by atoms with Crippen LogP contribution >= 0.6 is 0 Å². The number of nitrogens with one attached hydrogen (secondary N) is 3. The number of nitrogens with zero attached hydrogens (tertiary/aromatic N) is 5. The number of aromatic nitrogens is 4. The lowest BCUT2D eigenvalue weighted by Crippen LogP contribution is -2.42. The van der Waals surface area contributed by atoms with Crippen molar-refractivity contribution in [1.29, 1.82) is 5.41 Å². The SMILES string of the molecule is C#C[C@H]1CC[C@H](Cn2c(N3CCCC[C@@H]3CC(C)C)nc3nc(C(=N)NC(=O)O)nc(N[C@H](C)C4CCC4)c32)CC1. The first-order valence-corrected chi connectivity index (χ1v) is 15.6. The Labute approximate surface area is 243 Å². The second kappa shape index (κ2) is 12.7. The Bertz CT molecular complexity index is 1290. The predicted octanol–water partition coefficient (Wildman–Crippen LogP) is 5.86. The molecular weight excluding hydrogens is 516 g/mol. The molecule has 0 spiro atoms. The minimum absolute atomic E-state index is 0.0336. The number of terminal acetylenes is 1. The fourth-order valence-corrected chi connectivity index (χ4v) is 6.89. The molecule has 1 saturated heterocycles. The number of hydrogen-bond donors (Lipinski definition) is 4. The molecule has 2 aliphatic carbocycles. The maximum absolute atomic E-state index is 11.3. The standard InChI is InChI=1S/C31H46N8O2/c1-5-21-12-14-22(15-13-21)18-39-25-27(33-20(4)23-9-8-10-23)35-29(26(32)34-31(40)41)36-28(25)37-30(39)38-16-7-6-11-24(38)17-19(2)3/h1,19-24H,6-18H2,2-4H3,(H2,32,34)(H,40,41)(H,33,35,36)/t20-,21-,22-,24-/m1/s1. The summed E-state index contributed by atoms with van der Waals surface area (Å²) >= 11 is 0. The fourth-order valence-electron chi connectivity index (χ4n) is 6.89. The van der Waals surface area contributed by atoms with E-state index in [1.165, 1.54) is 25.7 Å². The fraction of sp³-hybridized carbons (Fsp3) is 0.710. The maximum Gasteiger partial charge on any atom is 0.410 e. The van der Waals surface area contributed by atoms with Crippen molar-refractivity contribution in [1.82, 2.24) is 24.8 Å². The van der Waals surface area contributed by atoms with E-state index in [4.69, 9.17) is 21.8 Å². The van der Waals surface area contributed by atoms with Crippen molar-refractivity contribution in [2.75, 3.05) is 16.8 Å². The number of carboxylic acid groups (broad SMARTS) is 1. The van der Waals surface area contributed by atoms with Gasteiger partial charge < -0.3 is 19.9 Å². The molecule has 2 aromatic heterocycles. The molecule has 0 bridgehead atoms. The van der Waals surface area contributed by atoms with Crippen molar-refractivity contribution in [3.05, 3.63) is 5.82 Å². The second-order valence-corrected chi connectivity index (χ2v) is 12.9. The van der Waals surface area contributed by atoms with Gasteiger partial charge in [-0.15, -0.1) is 12.3 Å². The van der Waals surface area contributed by atoms with Gasteiger partial charge in [0.25, 0.3) is 0 Å². The summed E-state index contributed by atoms with van der Waals surface area (Å²) in [4.78, 5) is 28.4. The molecule has 2 aromatic rings. The molecule has 0 aromatic carbocycles. The zero-order valence-corrected chi connectivity index (χ0v) is 24.8. The number of imidazole rings is 1. The van der Waals surface area contributed by atoms with E-state index in [-0.39, 0.29) is 17.7 Å². The summed E-state index contributed by atoms with van der Waals surface area (Å²) in [5.41, 5.74) is 1.36. The van der Waals surface area contributed by atoms with E-state index >= 15 is 0 Å². The smallest absolute Gasteiger partial charge is 0.410 e. The van der Waals surface area contributed by atoms with Crippen molar-refractivity contribution in [2.45, 2.75) is 110 Å². The molecule has 41 heavy (non-hydrogen) atoms. The molecule has 1 aliphatic heterocycles. The van der Waals surface area contributed by atoms with Gasteiger partial charge in [0.05, 0.1) is 0 Å². The van der Waals surface area contributed by atoms with Gasteiger partial charge >= 0.3 is 6.09 Å². The number of anilines is 2. The van der Waals surface area contributed by atoms with Gasteiger partial charge in [-0.25, -0.2) is 14.8 Å². The molecule has 3 heterocycles. The minimum Gasteiger partial charge on any atom is -0.465 e. The summed E-state index contributed by atoms with van der Waals surface area (Å²) in [6, 6.07) is 0.596. The number of piperidine rings is 1. The Balaban J connectivity index is 1.61. The predicted molar refractivity (Wildman–Crippen MR) is 162 cm³/mol. The van der Waals surface area contributed by atoms with Crippen molar-refractivity contribution in [2.24, 2.45) is 23.7 Å². The highest BCUT2D eigenvalue weighted by atomic mass is 16.4. The molecule has 2 saturated carbocycles. The van der Waals surface area contributed by atoms with Crippen molar-refractivity contribution >= 4 is 34.9 Å². The highest BCUT2D eigenvalue weighted by Crippen LogP contribution is 2.37. The summed E-state index contributed by atoms with van der Waals surface area (Å²) in [6.07, 6.45) is 16.9. The molecule has 0 unspecified atom stereocenters.